The maximum absolute atomic E-state index is 5.69. The number of aromatic nitrogens is 2. The van der Waals surface area contributed by atoms with Crippen LogP contribution in [0.2, 0.25) is 0 Å². The molecule has 4 aliphatic rings. The molecule has 5 rings (SSSR count). The Hall–Kier alpha value is -0.960. The Balaban J connectivity index is 1.68. The zero-order chi connectivity index (χ0) is 12.1. The molecule has 1 aromatic heterocycles. The van der Waals surface area contributed by atoms with E-state index >= 15 is 0 Å². The summed E-state index contributed by atoms with van der Waals surface area (Å²) in [4.78, 5) is 9.10. The van der Waals surface area contributed by atoms with Gasteiger partial charge in [-0.1, -0.05) is 0 Å². The van der Waals surface area contributed by atoms with Crippen molar-refractivity contribution in [2.75, 3.05) is 0 Å². The Morgan fingerprint density at radius 2 is 1.67 bits per heavy atom. The summed E-state index contributed by atoms with van der Waals surface area (Å²) in [5.41, 5.74) is 7.86. The largest absolute Gasteiger partial charge is 0.325 e. The number of rotatable bonds is 2. The van der Waals surface area contributed by atoms with Crippen LogP contribution in [-0.4, -0.2) is 9.97 Å². The van der Waals surface area contributed by atoms with Gasteiger partial charge < -0.3 is 5.73 Å². The Kier molecular flexibility index (Phi) is 2.44. The molecule has 1 heterocycles. The molecule has 2 N–H and O–H groups in total. The third kappa shape index (κ3) is 1.60. The highest BCUT2D eigenvalue weighted by Gasteiger charge is 2.49. The van der Waals surface area contributed by atoms with Crippen molar-refractivity contribution >= 4 is 0 Å². The van der Waals surface area contributed by atoms with E-state index in [0.29, 0.717) is 12.5 Å². The molecule has 1 aromatic rings. The van der Waals surface area contributed by atoms with Crippen molar-refractivity contribution in [3.05, 3.63) is 23.8 Å². The van der Waals surface area contributed by atoms with Crippen LogP contribution < -0.4 is 5.73 Å². The Morgan fingerprint density at radius 1 is 1.00 bits per heavy atom. The van der Waals surface area contributed by atoms with E-state index in [1.165, 1.54) is 37.8 Å². The molecule has 0 radical (unpaired) electrons. The summed E-state index contributed by atoms with van der Waals surface area (Å²) in [6.07, 6.45) is 11.1. The Morgan fingerprint density at radius 3 is 2.28 bits per heavy atom. The molecule has 0 atom stereocenters. The van der Waals surface area contributed by atoms with Crippen LogP contribution in [0.15, 0.2) is 12.4 Å². The first kappa shape index (κ1) is 10.9. The van der Waals surface area contributed by atoms with Crippen LogP contribution in [0.1, 0.15) is 49.4 Å². The van der Waals surface area contributed by atoms with Crippen molar-refractivity contribution in [2.45, 2.75) is 44.6 Å². The van der Waals surface area contributed by atoms with E-state index in [1.54, 1.807) is 6.20 Å². The minimum absolute atomic E-state index is 0.508. The molecule has 0 aromatic carbocycles. The highest BCUT2D eigenvalue weighted by molar-refractivity contribution is 5.16. The molecule has 0 saturated heterocycles. The monoisotopic (exact) mass is 243 g/mol. The van der Waals surface area contributed by atoms with E-state index in [4.69, 9.17) is 10.7 Å². The summed E-state index contributed by atoms with van der Waals surface area (Å²) in [5.74, 6) is 4.48. The first-order chi connectivity index (χ1) is 8.83. The predicted molar refractivity (Wildman–Crippen MR) is 69.7 cm³/mol. The number of hydrogen-bond acceptors (Lipinski definition) is 3. The molecule has 3 heteroatoms. The number of hydrogen-bond donors (Lipinski definition) is 1. The molecule has 3 nitrogen and oxygen atoms in total. The fourth-order valence-corrected chi connectivity index (χ4v) is 5.09. The molecule has 0 amide bonds. The van der Waals surface area contributed by atoms with Gasteiger partial charge in [0.2, 0.25) is 0 Å². The maximum atomic E-state index is 5.69. The quantitative estimate of drug-likeness (QED) is 0.868. The van der Waals surface area contributed by atoms with Crippen LogP contribution in [0.25, 0.3) is 0 Å². The Labute approximate surface area is 108 Å². The van der Waals surface area contributed by atoms with Gasteiger partial charge in [-0.15, -0.1) is 0 Å². The minimum atomic E-state index is 0.508. The normalized spacial score (nSPS) is 41.3. The molecule has 0 unspecified atom stereocenters. The molecular formula is C15H21N3. The lowest BCUT2D eigenvalue weighted by molar-refractivity contribution is -0.00432. The SMILES string of the molecule is NCc1cncc(C2C3CC4CC(C3)CC2C4)n1. The highest BCUT2D eigenvalue weighted by atomic mass is 14.8. The summed E-state index contributed by atoms with van der Waals surface area (Å²) < 4.78 is 0. The van der Waals surface area contributed by atoms with E-state index in [-0.39, 0.29) is 0 Å². The van der Waals surface area contributed by atoms with Crippen molar-refractivity contribution in [2.24, 2.45) is 29.4 Å². The molecule has 18 heavy (non-hydrogen) atoms. The second kappa shape index (κ2) is 4.02. The van der Waals surface area contributed by atoms with E-state index in [1.807, 2.05) is 6.20 Å². The van der Waals surface area contributed by atoms with E-state index in [0.717, 1.165) is 29.4 Å². The third-order valence-electron chi connectivity index (χ3n) is 5.48. The van der Waals surface area contributed by atoms with Crippen LogP contribution in [0.5, 0.6) is 0 Å². The van der Waals surface area contributed by atoms with Gasteiger partial charge in [-0.25, -0.2) is 0 Å². The Bertz CT molecular complexity index is 429. The van der Waals surface area contributed by atoms with Crippen molar-refractivity contribution in [3.63, 3.8) is 0 Å². The van der Waals surface area contributed by atoms with E-state index in [2.05, 4.69) is 4.98 Å². The summed E-state index contributed by atoms with van der Waals surface area (Å²) in [5, 5.41) is 0. The predicted octanol–water partition coefficient (Wildman–Crippen LogP) is 2.48. The van der Waals surface area contributed by atoms with Crippen LogP contribution >= 0.6 is 0 Å². The lowest BCUT2D eigenvalue weighted by Crippen LogP contribution is -2.44. The van der Waals surface area contributed by atoms with Crippen molar-refractivity contribution in [1.29, 1.82) is 0 Å². The smallest absolute Gasteiger partial charge is 0.0725 e. The highest BCUT2D eigenvalue weighted by Crippen LogP contribution is 2.59. The minimum Gasteiger partial charge on any atom is -0.325 e. The molecular weight excluding hydrogens is 222 g/mol. The second-order valence-electron chi connectivity index (χ2n) is 6.60. The maximum Gasteiger partial charge on any atom is 0.0725 e. The lowest BCUT2D eigenvalue weighted by atomic mass is 9.51. The van der Waals surface area contributed by atoms with Gasteiger partial charge in [0.25, 0.3) is 0 Å². The first-order valence-corrected chi connectivity index (χ1v) is 7.34. The standard InChI is InChI=1S/C15H21N3/c16-6-13-7-17-8-14(18-13)15-11-2-9-1-10(4-11)5-12(15)3-9/h7-12,15H,1-6,16H2. The summed E-state index contributed by atoms with van der Waals surface area (Å²) in [7, 11) is 0. The fourth-order valence-electron chi connectivity index (χ4n) is 5.09. The van der Waals surface area contributed by atoms with Crippen LogP contribution in [0.4, 0.5) is 0 Å². The molecule has 96 valence electrons. The molecule has 4 aliphatic carbocycles. The van der Waals surface area contributed by atoms with Gasteiger partial charge in [0.1, 0.15) is 0 Å². The van der Waals surface area contributed by atoms with Crippen molar-refractivity contribution in [3.8, 4) is 0 Å². The average molecular weight is 243 g/mol. The zero-order valence-electron chi connectivity index (χ0n) is 10.8. The van der Waals surface area contributed by atoms with Crippen LogP contribution in [-0.2, 0) is 6.54 Å². The van der Waals surface area contributed by atoms with Gasteiger partial charge in [-0.05, 0) is 55.8 Å². The third-order valence-corrected chi connectivity index (χ3v) is 5.48. The van der Waals surface area contributed by atoms with Crippen LogP contribution in [0, 0.1) is 23.7 Å². The van der Waals surface area contributed by atoms with Gasteiger partial charge >= 0.3 is 0 Å². The van der Waals surface area contributed by atoms with Crippen LogP contribution in [0.3, 0.4) is 0 Å². The second-order valence-corrected chi connectivity index (χ2v) is 6.60. The molecule has 4 saturated carbocycles. The van der Waals surface area contributed by atoms with Gasteiger partial charge in [0.15, 0.2) is 0 Å². The first-order valence-electron chi connectivity index (χ1n) is 7.34. The summed E-state index contributed by atoms with van der Waals surface area (Å²) in [6.45, 7) is 0.508. The number of nitrogens with two attached hydrogens (primary N) is 1. The lowest BCUT2D eigenvalue weighted by Gasteiger charge is -2.54. The molecule has 4 fully saturated rings. The zero-order valence-corrected chi connectivity index (χ0v) is 10.8. The van der Waals surface area contributed by atoms with Crippen molar-refractivity contribution in [1.82, 2.24) is 9.97 Å². The summed E-state index contributed by atoms with van der Waals surface area (Å²) >= 11 is 0. The van der Waals surface area contributed by atoms with Gasteiger partial charge in [0, 0.05) is 24.9 Å². The molecule has 0 spiro atoms. The fraction of sp³-hybridized carbons (Fsp3) is 0.733. The number of nitrogens with zero attached hydrogens (tertiary/aromatic N) is 2. The molecule has 0 aliphatic heterocycles. The topological polar surface area (TPSA) is 51.8 Å². The summed E-state index contributed by atoms with van der Waals surface area (Å²) in [6, 6.07) is 0. The van der Waals surface area contributed by atoms with Gasteiger partial charge in [-0.3, -0.25) is 9.97 Å². The average Bonchev–Trinajstić information content (AvgIpc) is 2.38. The van der Waals surface area contributed by atoms with Gasteiger partial charge in [0.05, 0.1) is 11.4 Å². The molecule has 4 bridgehead atoms. The van der Waals surface area contributed by atoms with E-state index < -0.39 is 0 Å². The van der Waals surface area contributed by atoms with E-state index in [9.17, 15) is 0 Å². The van der Waals surface area contributed by atoms with Crippen molar-refractivity contribution < 1.29 is 0 Å². The van der Waals surface area contributed by atoms with Gasteiger partial charge in [-0.2, -0.15) is 0 Å².